The molecule has 0 saturated carbocycles. The Labute approximate surface area is 155 Å². The molecule has 0 aliphatic carbocycles. The van der Waals surface area contributed by atoms with Crippen LogP contribution in [0.15, 0.2) is 53.9 Å². The summed E-state index contributed by atoms with van der Waals surface area (Å²) < 4.78 is 23.8. The fourth-order valence-corrected chi connectivity index (χ4v) is 4.47. The van der Waals surface area contributed by atoms with Crippen LogP contribution in [-0.4, -0.2) is 26.1 Å². The van der Waals surface area contributed by atoms with Crippen molar-refractivity contribution >= 4 is 21.4 Å². The Hall–Kier alpha value is -2.40. The zero-order valence-electron chi connectivity index (χ0n) is 15.3. The van der Waals surface area contributed by atoms with Crippen LogP contribution in [0.1, 0.15) is 22.3 Å². The van der Waals surface area contributed by atoms with Gasteiger partial charge in [0.05, 0.1) is 18.2 Å². The average molecular weight is 369 g/mol. The Morgan fingerprint density at radius 2 is 1.85 bits per heavy atom. The van der Waals surface area contributed by atoms with E-state index in [1.54, 1.807) is 11.0 Å². The number of hydrogen-bond acceptors (Lipinski definition) is 3. The van der Waals surface area contributed by atoms with Crippen LogP contribution in [-0.2, 0) is 21.1 Å². The normalized spacial score (nSPS) is 18.0. The van der Waals surface area contributed by atoms with Crippen molar-refractivity contribution in [2.24, 2.45) is 0 Å². The monoisotopic (exact) mass is 369 g/mol. The average Bonchev–Trinajstić information content (AvgIpc) is 2.90. The topological polar surface area (TPSA) is 54.5 Å². The number of carbonyl (C=O) groups is 1. The fourth-order valence-electron chi connectivity index (χ4n) is 3.20. The lowest BCUT2D eigenvalue weighted by Crippen LogP contribution is -2.42. The largest absolute Gasteiger partial charge is 0.304 e. The Morgan fingerprint density at radius 1 is 1.08 bits per heavy atom. The number of sulfone groups is 1. The second kappa shape index (κ2) is 7.08. The molecule has 1 aliphatic rings. The van der Waals surface area contributed by atoms with Crippen LogP contribution >= 0.6 is 0 Å². The summed E-state index contributed by atoms with van der Waals surface area (Å²) in [6, 6.07) is 13.1. The van der Waals surface area contributed by atoms with Crippen LogP contribution in [0.4, 0.5) is 5.69 Å². The van der Waals surface area contributed by atoms with Gasteiger partial charge in [-0.1, -0.05) is 35.9 Å². The van der Waals surface area contributed by atoms with Crippen molar-refractivity contribution in [1.29, 1.82) is 0 Å². The third-order valence-corrected chi connectivity index (χ3v) is 6.10. The molecular formula is C21H23NO3S. The van der Waals surface area contributed by atoms with Gasteiger partial charge in [-0.05, 0) is 55.7 Å². The maximum atomic E-state index is 13.1. The Kier molecular flexibility index (Phi) is 5.01. The van der Waals surface area contributed by atoms with Gasteiger partial charge in [0.2, 0.25) is 5.91 Å². The van der Waals surface area contributed by atoms with Crippen LogP contribution in [0.5, 0.6) is 0 Å². The second-order valence-corrected chi connectivity index (χ2v) is 8.85. The SMILES string of the molecule is Cc1cccc(CC(=O)N(c2ccc(C)c(C)c2)[C@H]2C=CS(=O)(=O)C2)c1. The molecule has 4 nitrogen and oxygen atoms in total. The van der Waals surface area contributed by atoms with Crippen LogP contribution in [0, 0.1) is 20.8 Å². The molecule has 0 bridgehead atoms. The van der Waals surface area contributed by atoms with E-state index in [0.29, 0.717) is 0 Å². The highest BCUT2D eigenvalue weighted by Crippen LogP contribution is 2.26. The molecule has 0 radical (unpaired) electrons. The van der Waals surface area contributed by atoms with Crippen LogP contribution in [0.2, 0.25) is 0 Å². The van der Waals surface area contributed by atoms with Crippen molar-refractivity contribution in [3.8, 4) is 0 Å². The van der Waals surface area contributed by atoms with Crippen LogP contribution < -0.4 is 4.90 Å². The first kappa shape index (κ1) is 18.4. The van der Waals surface area contributed by atoms with Gasteiger partial charge in [0, 0.05) is 11.1 Å². The molecule has 5 heteroatoms. The van der Waals surface area contributed by atoms with Crippen molar-refractivity contribution in [2.45, 2.75) is 33.2 Å². The van der Waals surface area contributed by atoms with Gasteiger partial charge in [0.15, 0.2) is 9.84 Å². The van der Waals surface area contributed by atoms with Crippen molar-refractivity contribution < 1.29 is 13.2 Å². The number of aryl methyl sites for hydroxylation is 3. The maximum Gasteiger partial charge on any atom is 0.231 e. The molecule has 1 atom stereocenters. The number of benzene rings is 2. The number of amides is 1. The lowest BCUT2D eigenvalue weighted by atomic mass is 10.1. The smallest absolute Gasteiger partial charge is 0.231 e. The van der Waals surface area contributed by atoms with Crippen LogP contribution in [0.3, 0.4) is 0 Å². The molecule has 2 aromatic carbocycles. The number of anilines is 1. The van der Waals surface area contributed by atoms with Gasteiger partial charge >= 0.3 is 0 Å². The van der Waals surface area contributed by atoms with Crippen molar-refractivity contribution in [3.05, 3.63) is 76.2 Å². The predicted molar refractivity (Wildman–Crippen MR) is 105 cm³/mol. The molecule has 0 aromatic heterocycles. The molecule has 1 amide bonds. The minimum absolute atomic E-state index is 0.0700. The molecule has 1 heterocycles. The summed E-state index contributed by atoms with van der Waals surface area (Å²) in [7, 11) is -3.25. The van der Waals surface area contributed by atoms with Gasteiger partial charge in [0.1, 0.15) is 0 Å². The Balaban J connectivity index is 1.95. The minimum Gasteiger partial charge on any atom is -0.304 e. The summed E-state index contributed by atoms with van der Waals surface area (Å²) in [5, 5.41) is 1.21. The summed E-state index contributed by atoms with van der Waals surface area (Å²) in [5.74, 6) is -0.176. The molecule has 1 aliphatic heterocycles. The van der Waals surface area contributed by atoms with E-state index in [1.807, 2.05) is 63.2 Å². The lowest BCUT2D eigenvalue weighted by molar-refractivity contribution is -0.118. The van der Waals surface area contributed by atoms with E-state index < -0.39 is 15.9 Å². The lowest BCUT2D eigenvalue weighted by Gasteiger charge is -2.28. The highest BCUT2D eigenvalue weighted by Gasteiger charge is 2.31. The van der Waals surface area contributed by atoms with Crippen molar-refractivity contribution in [2.75, 3.05) is 10.7 Å². The highest BCUT2D eigenvalue weighted by atomic mass is 32.2. The van der Waals surface area contributed by atoms with Gasteiger partial charge in [-0.25, -0.2) is 8.42 Å². The summed E-state index contributed by atoms with van der Waals surface area (Å²) >= 11 is 0. The molecular weight excluding hydrogens is 346 g/mol. The van der Waals surface area contributed by atoms with Gasteiger partial charge in [-0.3, -0.25) is 4.79 Å². The molecule has 0 fully saturated rings. The fraction of sp³-hybridized carbons (Fsp3) is 0.286. The Morgan fingerprint density at radius 3 is 2.46 bits per heavy atom. The molecule has 3 rings (SSSR count). The number of nitrogens with zero attached hydrogens (tertiary/aromatic N) is 1. The molecule has 0 saturated heterocycles. The van der Waals surface area contributed by atoms with E-state index in [1.165, 1.54) is 5.41 Å². The molecule has 0 N–H and O–H groups in total. The standard InChI is InChI=1S/C21H23NO3S/c1-15-5-4-6-18(11-15)13-21(23)22(20-9-10-26(24,25)14-20)19-8-7-16(2)17(3)12-19/h4-12,20H,13-14H2,1-3H3/t20-/m0/s1. The molecule has 0 spiro atoms. The summed E-state index contributed by atoms with van der Waals surface area (Å²) in [4.78, 5) is 14.7. The van der Waals surface area contributed by atoms with Gasteiger partial charge in [-0.2, -0.15) is 0 Å². The summed E-state index contributed by atoms with van der Waals surface area (Å²) in [6.45, 7) is 5.99. The predicted octanol–water partition coefficient (Wildman–Crippen LogP) is 3.50. The van der Waals surface area contributed by atoms with E-state index in [-0.39, 0.29) is 18.1 Å². The quantitative estimate of drug-likeness (QED) is 0.829. The minimum atomic E-state index is -3.25. The third-order valence-electron chi connectivity index (χ3n) is 4.72. The number of hydrogen-bond donors (Lipinski definition) is 0. The highest BCUT2D eigenvalue weighted by molar-refractivity contribution is 7.94. The first-order chi connectivity index (χ1) is 12.2. The van der Waals surface area contributed by atoms with Crippen molar-refractivity contribution in [3.63, 3.8) is 0 Å². The van der Waals surface area contributed by atoms with E-state index in [0.717, 1.165) is 27.9 Å². The molecule has 2 aromatic rings. The van der Waals surface area contributed by atoms with Crippen LogP contribution in [0.25, 0.3) is 0 Å². The molecule has 0 unspecified atom stereocenters. The zero-order chi connectivity index (χ0) is 18.9. The molecule has 26 heavy (non-hydrogen) atoms. The van der Waals surface area contributed by atoms with Gasteiger partial charge < -0.3 is 4.90 Å². The van der Waals surface area contributed by atoms with E-state index in [4.69, 9.17) is 0 Å². The summed E-state index contributed by atoms with van der Waals surface area (Å²) in [6.07, 6.45) is 1.84. The summed E-state index contributed by atoms with van der Waals surface area (Å²) in [5.41, 5.74) is 4.96. The van der Waals surface area contributed by atoms with Gasteiger partial charge in [0.25, 0.3) is 0 Å². The maximum absolute atomic E-state index is 13.1. The second-order valence-electron chi connectivity index (χ2n) is 6.92. The molecule has 136 valence electrons. The first-order valence-electron chi connectivity index (χ1n) is 8.61. The van der Waals surface area contributed by atoms with Crippen molar-refractivity contribution in [1.82, 2.24) is 0 Å². The first-order valence-corrected chi connectivity index (χ1v) is 10.3. The van der Waals surface area contributed by atoms with E-state index in [9.17, 15) is 13.2 Å². The van der Waals surface area contributed by atoms with E-state index in [2.05, 4.69) is 0 Å². The number of rotatable bonds is 4. The van der Waals surface area contributed by atoms with E-state index >= 15 is 0 Å². The zero-order valence-corrected chi connectivity index (χ0v) is 16.1. The third kappa shape index (κ3) is 4.05. The number of carbonyl (C=O) groups excluding carboxylic acids is 1. The Bertz CT molecular complexity index is 977. The van der Waals surface area contributed by atoms with Gasteiger partial charge in [-0.15, -0.1) is 0 Å².